The summed E-state index contributed by atoms with van der Waals surface area (Å²) in [7, 11) is -3.42. The van der Waals surface area contributed by atoms with Crippen LogP contribution >= 0.6 is 24.8 Å². The molecule has 1 amide bonds. The highest BCUT2D eigenvalue weighted by Crippen LogP contribution is 2.28. The Balaban J connectivity index is 0.00000288. The van der Waals surface area contributed by atoms with Crippen molar-refractivity contribution in [2.24, 2.45) is 5.92 Å². The van der Waals surface area contributed by atoms with E-state index >= 15 is 0 Å². The molecule has 2 saturated heterocycles. The van der Waals surface area contributed by atoms with Crippen LogP contribution in [0.4, 0.5) is 0 Å². The second kappa shape index (κ2) is 10.9. The number of nitrogens with zero attached hydrogens (tertiary/aromatic N) is 1. The van der Waals surface area contributed by atoms with Crippen LogP contribution in [0.15, 0.2) is 0 Å². The van der Waals surface area contributed by atoms with Crippen LogP contribution in [0.3, 0.4) is 0 Å². The van der Waals surface area contributed by atoms with Crippen LogP contribution in [0, 0.1) is 5.92 Å². The number of halogens is 2. The zero-order chi connectivity index (χ0) is 16.9. The van der Waals surface area contributed by atoms with Gasteiger partial charge in [-0.3, -0.25) is 4.79 Å². The zero-order valence-electron chi connectivity index (χ0n) is 15.3. The summed E-state index contributed by atoms with van der Waals surface area (Å²) in [5, 5.41) is 6.09. The molecule has 0 unspecified atom stereocenters. The van der Waals surface area contributed by atoms with Gasteiger partial charge in [0.05, 0.1) is 0 Å². The van der Waals surface area contributed by atoms with Crippen molar-refractivity contribution in [3.63, 3.8) is 0 Å². The van der Waals surface area contributed by atoms with E-state index < -0.39 is 14.6 Å². The Labute approximate surface area is 164 Å². The van der Waals surface area contributed by atoms with Crippen LogP contribution in [0.1, 0.15) is 39.0 Å². The summed E-state index contributed by atoms with van der Waals surface area (Å²) < 4.78 is 23.2. The summed E-state index contributed by atoms with van der Waals surface area (Å²) in [6.07, 6.45) is 5.26. The molecule has 2 aliphatic heterocycles. The van der Waals surface area contributed by atoms with E-state index in [0.29, 0.717) is 38.4 Å². The smallest absolute Gasteiger partial charge is 0.241 e. The molecule has 0 aromatic rings. The molecule has 2 rings (SSSR count). The predicted octanol–water partition coefficient (Wildman–Crippen LogP) is 1.23. The minimum atomic E-state index is -3.42. The van der Waals surface area contributed by atoms with Crippen molar-refractivity contribution in [1.82, 2.24) is 15.5 Å². The molecule has 2 fully saturated rings. The van der Waals surface area contributed by atoms with Crippen molar-refractivity contribution in [2.75, 3.05) is 45.5 Å². The van der Waals surface area contributed by atoms with Gasteiger partial charge in [0, 0.05) is 12.8 Å². The first-order chi connectivity index (χ1) is 10.9. The summed E-state index contributed by atoms with van der Waals surface area (Å²) in [6, 6.07) is 0. The molecule has 6 nitrogen and oxygen atoms in total. The highest BCUT2D eigenvalue weighted by Gasteiger charge is 2.48. The summed E-state index contributed by atoms with van der Waals surface area (Å²) >= 11 is 0. The van der Waals surface area contributed by atoms with Gasteiger partial charge in [0.1, 0.15) is 0 Å². The summed E-state index contributed by atoms with van der Waals surface area (Å²) in [6.45, 7) is 7.25. The van der Waals surface area contributed by atoms with Crippen LogP contribution < -0.4 is 10.6 Å². The lowest BCUT2D eigenvalue weighted by Crippen LogP contribution is -2.58. The van der Waals surface area contributed by atoms with Crippen molar-refractivity contribution in [3.05, 3.63) is 0 Å². The van der Waals surface area contributed by atoms with Gasteiger partial charge in [-0.15, -0.1) is 24.8 Å². The molecular formula is C16H33Cl2N3O3S. The molecule has 0 atom stereocenters. The van der Waals surface area contributed by atoms with E-state index in [1.165, 1.54) is 12.7 Å². The first-order valence-corrected chi connectivity index (χ1v) is 10.7. The molecule has 25 heavy (non-hydrogen) atoms. The monoisotopic (exact) mass is 417 g/mol. The number of sulfone groups is 1. The molecule has 0 aromatic carbocycles. The summed E-state index contributed by atoms with van der Waals surface area (Å²) in [4.78, 5) is 15.1. The van der Waals surface area contributed by atoms with Crippen LogP contribution in [-0.2, 0) is 14.6 Å². The van der Waals surface area contributed by atoms with E-state index in [4.69, 9.17) is 0 Å². The van der Waals surface area contributed by atoms with E-state index in [2.05, 4.69) is 22.5 Å². The fourth-order valence-corrected chi connectivity index (χ4v) is 5.08. The molecule has 0 bridgehead atoms. The molecule has 0 radical (unpaired) electrons. The van der Waals surface area contributed by atoms with Gasteiger partial charge in [-0.1, -0.05) is 6.92 Å². The minimum Gasteiger partial charge on any atom is -0.354 e. The molecule has 9 heteroatoms. The van der Waals surface area contributed by atoms with Crippen LogP contribution in [0.5, 0.6) is 0 Å². The van der Waals surface area contributed by atoms with Crippen molar-refractivity contribution >= 4 is 40.6 Å². The first-order valence-electron chi connectivity index (χ1n) is 8.80. The SMILES string of the molecule is CCCN1CCC(CNC(=O)C2(S(C)(=O)=O)CCNCC2)CC1.Cl.Cl. The lowest BCUT2D eigenvalue weighted by atomic mass is 9.94. The van der Waals surface area contributed by atoms with Crippen molar-refractivity contribution in [3.8, 4) is 0 Å². The van der Waals surface area contributed by atoms with Gasteiger partial charge in [-0.2, -0.15) is 0 Å². The zero-order valence-corrected chi connectivity index (χ0v) is 17.7. The van der Waals surface area contributed by atoms with E-state index in [1.807, 2.05) is 0 Å². The van der Waals surface area contributed by atoms with Gasteiger partial charge >= 0.3 is 0 Å². The lowest BCUT2D eigenvalue weighted by Gasteiger charge is -2.36. The topological polar surface area (TPSA) is 78.5 Å². The van der Waals surface area contributed by atoms with Crippen molar-refractivity contribution in [2.45, 2.75) is 43.8 Å². The number of rotatable bonds is 6. The largest absolute Gasteiger partial charge is 0.354 e. The van der Waals surface area contributed by atoms with Gasteiger partial charge in [0.2, 0.25) is 5.91 Å². The standard InChI is InChI=1S/C16H31N3O3S.2ClH/c1-3-10-19-11-4-14(5-12-19)13-18-15(20)16(23(2,21)22)6-8-17-9-7-16;;/h14,17H,3-13H2,1-2H3,(H,18,20);2*1H. The Kier molecular flexibility index (Phi) is 10.9. The van der Waals surface area contributed by atoms with Gasteiger partial charge in [-0.25, -0.2) is 8.42 Å². The molecule has 150 valence electrons. The third kappa shape index (κ3) is 6.24. The highest BCUT2D eigenvalue weighted by molar-refractivity contribution is 7.92. The Bertz CT molecular complexity index is 503. The van der Waals surface area contributed by atoms with Gasteiger partial charge < -0.3 is 15.5 Å². The van der Waals surface area contributed by atoms with E-state index in [-0.39, 0.29) is 30.7 Å². The number of piperidine rings is 2. The number of hydrogen-bond acceptors (Lipinski definition) is 5. The second-order valence-electron chi connectivity index (χ2n) is 7.01. The molecule has 0 aromatic heterocycles. The van der Waals surface area contributed by atoms with E-state index in [1.54, 1.807) is 0 Å². The van der Waals surface area contributed by atoms with Crippen molar-refractivity contribution in [1.29, 1.82) is 0 Å². The van der Waals surface area contributed by atoms with Crippen LogP contribution in [0.2, 0.25) is 0 Å². The number of carbonyl (C=O) groups excluding carboxylic acids is 1. The third-order valence-corrected chi connectivity index (χ3v) is 7.35. The maximum Gasteiger partial charge on any atom is 0.241 e. The Morgan fingerprint density at radius 1 is 1.20 bits per heavy atom. The highest BCUT2D eigenvalue weighted by atomic mass is 35.5. The molecule has 0 aliphatic carbocycles. The third-order valence-electron chi connectivity index (χ3n) is 5.33. The average molecular weight is 418 g/mol. The quantitative estimate of drug-likeness (QED) is 0.679. The number of carbonyl (C=O) groups is 1. The maximum atomic E-state index is 12.6. The number of nitrogens with one attached hydrogen (secondary N) is 2. The Hall–Kier alpha value is -0.0800. The Morgan fingerprint density at radius 2 is 1.76 bits per heavy atom. The Morgan fingerprint density at radius 3 is 2.24 bits per heavy atom. The number of hydrogen-bond donors (Lipinski definition) is 2. The fourth-order valence-electron chi connectivity index (χ4n) is 3.73. The van der Waals surface area contributed by atoms with E-state index in [0.717, 1.165) is 32.5 Å². The predicted molar refractivity (Wildman–Crippen MR) is 107 cm³/mol. The molecule has 0 saturated carbocycles. The summed E-state index contributed by atoms with van der Waals surface area (Å²) in [5.41, 5.74) is 0. The van der Waals surface area contributed by atoms with Crippen molar-refractivity contribution < 1.29 is 13.2 Å². The molecular weight excluding hydrogens is 385 g/mol. The number of amides is 1. The van der Waals surface area contributed by atoms with Gasteiger partial charge in [-0.05, 0) is 70.7 Å². The maximum absolute atomic E-state index is 12.6. The number of likely N-dealkylation sites (tertiary alicyclic amines) is 1. The molecule has 2 heterocycles. The molecule has 2 N–H and O–H groups in total. The summed E-state index contributed by atoms with van der Waals surface area (Å²) in [5.74, 6) is 0.169. The normalized spacial score (nSPS) is 21.7. The van der Waals surface area contributed by atoms with E-state index in [9.17, 15) is 13.2 Å². The van der Waals surface area contributed by atoms with Gasteiger partial charge in [0.25, 0.3) is 0 Å². The van der Waals surface area contributed by atoms with Crippen LogP contribution in [-0.4, -0.2) is 69.5 Å². The van der Waals surface area contributed by atoms with Crippen LogP contribution in [0.25, 0.3) is 0 Å². The lowest BCUT2D eigenvalue weighted by molar-refractivity contribution is -0.124. The molecule has 2 aliphatic rings. The fraction of sp³-hybridized carbons (Fsp3) is 0.938. The van der Waals surface area contributed by atoms with Gasteiger partial charge in [0.15, 0.2) is 14.6 Å². The molecule has 0 spiro atoms. The second-order valence-corrected chi connectivity index (χ2v) is 9.34. The average Bonchev–Trinajstić information content (AvgIpc) is 2.54. The first kappa shape index (κ1) is 24.9. The minimum absolute atomic E-state index is 0.